The van der Waals surface area contributed by atoms with Gasteiger partial charge in [-0.1, -0.05) is 22.9 Å². The van der Waals surface area contributed by atoms with Gasteiger partial charge in [0.05, 0.1) is 13.2 Å². The summed E-state index contributed by atoms with van der Waals surface area (Å²) in [6.45, 7) is 7.64. The maximum atomic E-state index is 5.44. The zero-order valence-electron chi connectivity index (χ0n) is 9.30. The van der Waals surface area contributed by atoms with Crippen molar-refractivity contribution in [1.82, 2.24) is 4.90 Å². The Morgan fingerprint density at radius 3 is 2.36 bits per heavy atom. The van der Waals surface area contributed by atoms with Crippen LogP contribution in [0.2, 0.25) is 0 Å². The topological polar surface area (TPSA) is 21.7 Å². The summed E-state index contributed by atoms with van der Waals surface area (Å²) in [7, 11) is 1.74. The van der Waals surface area contributed by atoms with Gasteiger partial charge in [-0.2, -0.15) is 0 Å². The Bertz CT molecular complexity index is 114. The summed E-state index contributed by atoms with van der Waals surface area (Å²) in [6.07, 6.45) is 1.09. The van der Waals surface area contributed by atoms with Gasteiger partial charge in [-0.3, -0.25) is 4.90 Å². The van der Waals surface area contributed by atoms with Crippen molar-refractivity contribution in [3.05, 3.63) is 0 Å². The third-order valence-electron chi connectivity index (χ3n) is 1.91. The highest BCUT2D eigenvalue weighted by molar-refractivity contribution is 9.09. The molecule has 0 aliphatic heterocycles. The lowest BCUT2D eigenvalue weighted by atomic mass is 10.4. The van der Waals surface area contributed by atoms with Crippen molar-refractivity contribution in [2.45, 2.75) is 13.3 Å². The predicted octanol–water partition coefficient (Wildman–Crippen LogP) is 1.76. The number of ether oxygens (including phenoxy) is 2. The van der Waals surface area contributed by atoms with Crippen LogP contribution in [0.4, 0.5) is 0 Å². The highest BCUT2D eigenvalue weighted by Gasteiger charge is 2.02. The molecular weight excluding hydrogens is 246 g/mol. The van der Waals surface area contributed by atoms with E-state index in [1.165, 1.54) is 0 Å². The molecule has 0 N–H and O–H groups in total. The average molecular weight is 268 g/mol. The van der Waals surface area contributed by atoms with E-state index < -0.39 is 0 Å². The van der Waals surface area contributed by atoms with E-state index in [4.69, 9.17) is 9.47 Å². The van der Waals surface area contributed by atoms with Gasteiger partial charge in [-0.25, -0.2) is 0 Å². The fraction of sp³-hybridized carbons (Fsp3) is 1.00. The molecule has 0 fully saturated rings. The zero-order chi connectivity index (χ0) is 10.6. The SMILES string of the molecule is CCCOCCN(CCBr)CCOC. The third-order valence-corrected chi connectivity index (χ3v) is 2.27. The van der Waals surface area contributed by atoms with Crippen molar-refractivity contribution in [3.63, 3.8) is 0 Å². The number of hydrogen-bond donors (Lipinski definition) is 0. The number of nitrogens with zero attached hydrogens (tertiary/aromatic N) is 1. The van der Waals surface area contributed by atoms with Crippen LogP contribution in [0.5, 0.6) is 0 Å². The molecule has 0 aliphatic carbocycles. The lowest BCUT2D eigenvalue weighted by Crippen LogP contribution is -2.32. The van der Waals surface area contributed by atoms with Gasteiger partial charge in [0.1, 0.15) is 0 Å². The van der Waals surface area contributed by atoms with E-state index in [9.17, 15) is 0 Å². The first kappa shape index (κ1) is 14.4. The number of methoxy groups -OCH3 is 1. The Labute approximate surface area is 95.9 Å². The molecule has 3 nitrogen and oxygen atoms in total. The van der Waals surface area contributed by atoms with Crippen LogP contribution in [0.3, 0.4) is 0 Å². The van der Waals surface area contributed by atoms with E-state index in [0.717, 1.165) is 51.2 Å². The molecule has 0 aromatic heterocycles. The van der Waals surface area contributed by atoms with Crippen molar-refractivity contribution in [2.75, 3.05) is 51.9 Å². The maximum absolute atomic E-state index is 5.44. The molecule has 0 aliphatic rings. The molecule has 0 unspecified atom stereocenters. The van der Waals surface area contributed by atoms with E-state index in [2.05, 4.69) is 27.8 Å². The summed E-state index contributed by atoms with van der Waals surface area (Å²) >= 11 is 3.44. The van der Waals surface area contributed by atoms with Gasteiger partial charge in [-0.15, -0.1) is 0 Å². The van der Waals surface area contributed by atoms with Crippen molar-refractivity contribution in [2.24, 2.45) is 0 Å². The Hall–Kier alpha value is 0.360. The van der Waals surface area contributed by atoms with Crippen molar-refractivity contribution in [1.29, 1.82) is 0 Å². The fourth-order valence-corrected chi connectivity index (χ4v) is 1.62. The minimum Gasteiger partial charge on any atom is -0.383 e. The lowest BCUT2D eigenvalue weighted by Gasteiger charge is -2.20. The first-order valence-electron chi connectivity index (χ1n) is 5.20. The van der Waals surface area contributed by atoms with E-state index in [1.54, 1.807) is 7.11 Å². The smallest absolute Gasteiger partial charge is 0.0593 e. The van der Waals surface area contributed by atoms with E-state index >= 15 is 0 Å². The molecule has 4 heteroatoms. The highest BCUT2D eigenvalue weighted by Crippen LogP contribution is 1.92. The number of halogens is 1. The fourth-order valence-electron chi connectivity index (χ4n) is 1.12. The quantitative estimate of drug-likeness (QED) is 0.445. The maximum Gasteiger partial charge on any atom is 0.0593 e. The number of rotatable bonds is 10. The molecular formula is C10H22BrNO2. The second-order valence-corrected chi connectivity index (χ2v) is 3.93. The highest BCUT2D eigenvalue weighted by atomic mass is 79.9. The van der Waals surface area contributed by atoms with Crippen LogP contribution in [0.1, 0.15) is 13.3 Å². The van der Waals surface area contributed by atoms with E-state index in [0.29, 0.717) is 0 Å². The van der Waals surface area contributed by atoms with Gasteiger partial charge >= 0.3 is 0 Å². The molecule has 0 amide bonds. The molecule has 0 bridgehead atoms. The Balaban J connectivity index is 3.40. The monoisotopic (exact) mass is 267 g/mol. The average Bonchev–Trinajstić information content (AvgIpc) is 2.20. The normalized spacial score (nSPS) is 11.1. The first-order valence-corrected chi connectivity index (χ1v) is 6.32. The van der Waals surface area contributed by atoms with Crippen LogP contribution in [0, 0.1) is 0 Å². The zero-order valence-corrected chi connectivity index (χ0v) is 10.9. The number of hydrogen-bond acceptors (Lipinski definition) is 3. The van der Waals surface area contributed by atoms with Gasteiger partial charge < -0.3 is 9.47 Å². The van der Waals surface area contributed by atoms with Gasteiger partial charge in [0.25, 0.3) is 0 Å². The Morgan fingerprint density at radius 1 is 1.07 bits per heavy atom. The molecule has 86 valence electrons. The van der Waals surface area contributed by atoms with Crippen molar-refractivity contribution >= 4 is 15.9 Å². The van der Waals surface area contributed by atoms with Crippen molar-refractivity contribution < 1.29 is 9.47 Å². The van der Waals surface area contributed by atoms with Gasteiger partial charge in [-0.05, 0) is 6.42 Å². The van der Waals surface area contributed by atoms with Gasteiger partial charge in [0.2, 0.25) is 0 Å². The third kappa shape index (κ3) is 8.94. The Kier molecular flexibility index (Phi) is 11.7. The van der Waals surface area contributed by atoms with Crippen LogP contribution in [0.15, 0.2) is 0 Å². The summed E-state index contributed by atoms with van der Waals surface area (Å²) in [5.41, 5.74) is 0. The summed E-state index contributed by atoms with van der Waals surface area (Å²) < 4.78 is 10.5. The van der Waals surface area contributed by atoms with Gasteiger partial charge in [0.15, 0.2) is 0 Å². The lowest BCUT2D eigenvalue weighted by molar-refractivity contribution is 0.0914. The van der Waals surface area contributed by atoms with Crippen LogP contribution < -0.4 is 0 Å². The van der Waals surface area contributed by atoms with Crippen LogP contribution in [0.25, 0.3) is 0 Å². The summed E-state index contributed by atoms with van der Waals surface area (Å²) in [4.78, 5) is 2.34. The van der Waals surface area contributed by atoms with Crippen LogP contribution in [-0.4, -0.2) is 56.8 Å². The van der Waals surface area contributed by atoms with Gasteiger partial charge in [0, 0.05) is 38.7 Å². The molecule has 0 saturated heterocycles. The molecule has 14 heavy (non-hydrogen) atoms. The largest absolute Gasteiger partial charge is 0.383 e. The second kappa shape index (κ2) is 11.4. The summed E-state index contributed by atoms with van der Waals surface area (Å²) in [6, 6.07) is 0. The standard InChI is InChI=1S/C10H22BrNO2/c1-3-8-14-10-7-12(5-4-11)6-9-13-2/h3-10H2,1-2H3. The summed E-state index contributed by atoms with van der Waals surface area (Å²) in [5.74, 6) is 0. The first-order chi connectivity index (χ1) is 6.85. The number of alkyl halides is 1. The molecule has 0 aromatic carbocycles. The molecule has 0 spiro atoms. The van der Waals surface area contributed by atoms with Crippen LogP contribution >= 0.6 is 15.9 Å². The van der Waals surface area contributed by atoms with Crippen molar-refractivity contribution in [3.8, 4) is 0 Å². The Morgan fingerprint density at radius 2 is 1.79 bits per heavy atom. The molecule has 0 aromatic rings. The van der Waals surface area contributed by atoms with E-state index in [-0.39, 0.29) is 0 Å². The molecule has 0 radical (unpaired) electrons. The minimum atomic E-state index is 0.792. The van der Waals surface area contributed by atoms with Crippen LogP contribution in [-0.2, 0) is 9.47 Å². The molecule has 0 heterocycles. The molecule has 0 saturated carbocycles. The van der Waals surface area contributed by atoms with E-state index in [1.807, 2.05) is 0 Å². The molecule has 0 rings (SSSR count). The molecule has 0 atom stereocenters. The minimum absolute atomic E-state index is 0.792. The predicted molar refractivity (Wildman–Crippen MR) is 63.2 cm³/mol. The summed E-state index contributed by atoms with van der Waals surface area (Å²) in [5, 5.41) is 1.00. The second-order valence-electron chi connectivity index (χ2n) is 3.14.